The lowest BCUT2D eigenvalue weighted by molar-refractivity contribution is -0.161. The molecule has 0 heterocycles. The molecule has 0 aromatic heterocycles. The van der Waals surface area contributed by atoms with Crippen molar-refractivity contribution in [2.24, 2.45) is 0 Å². The van der Waals surface area contributed by atoms with Gasteiger partial charge in [-0.05, 0) is 180 Å². The van der Waals surface area contributed by atoms with Crippen LogP contribution in [0.15, 0.2) is 231 Å². The second-order valence-corrected chi connectivity index (χ2v) is 29.4. The van der Waals surface area contributed by atoms with Crippen LogP contribution in [0.1, 0.15) is 272 Å². The molecule has 0 saturated heterocycles. The van der Waals surface area contributed by atoms with Crippen LogP contribution in [0.3, 0.4) is 0 Å². The number of esters is 4. The maximum Gasteiger partial charge on any atom is 0.472 e. The van der Waals surface area contributed by atoms with E-state index in [1.165, 1.54) is 0 Å². The third-order valence-corrected chi connectivity index (χ3v) is 18.0. The Hall–Kier alpha value is -6.88. The lowest BCUT2D eigenvalue weighted by Gasteiger charge is -2.21. The maximum atomic E-state index is 13.1. The van der Waals surface area contributed by atoms with Crippen LogP contribution in [0.4, 0.5) is 0 Å². The number of unbranched alkanes of at least 4 members (excludes halogenated alkanes) is 11. The first-order chi connectivity index (χ1) is 54.7. The highest BCUT2D eigenvalue weighted by Crippen LogP contribution is 2.45. The summed E-state index contributed by atoms with van der Waals surface area (Å²) in [6, 6.07) is 0. The van der Waals surface area contributed by atoms with Crippen LogP contribution < -0.4 is 0 Å². The van der Waals surface area contributed by atoms with E-state index >= 15 is 0 Å². The summed E-state index contributed by atoms with van der Waals surface area (Å²) in [6.45, 7) is 4.19. The summed E-state index contributed by atoms with van der Waals surface area (Å²) < 4.78 is 68.6. The first-order valence-electron chi connectivity index (χ1n) is 41.6. The van der Waals surface area contributed by atoms with Gasteiger partial charge in [0.25, 0.3) is 0 Å². The smallest absolute Gasteiger partial charge is 0.462 e. The van der Waals surface area contributed by atoms with Gasteiger partial charge in [0, 0.05) is 25.7 Å². The molecule has 0 radical (unpaired) electrons. The molecule has 5 atom stereocenters. The van der Waals surface area contributed by atoms with Gasteiger partial charge in [-0.25, -0.2) is 9.13 Å². The van der Waals surface area contributed by atoms with Crippen molar-refractivity contribution in [3.05, 3.63) is 231 Å². The number of rotatable bonds is 75. The van der Waals surface area contributed by atoms with E-state index in [4.69, 9.17) is 37.0 Å². The van der Waals surface area contributed by atoms with Crippen LogP contribution in [0.2, 0.25) is 0 Å². The predicted octanol–water partition coefficient (Wildman–Crippen LogP) is 25.0. The lowest BCUT2D eigenvalue weighted by Crippen LogP contribution is -2.30. The molecule has 112 heavy (non-hydrogen) atoms. The molecule has 0 saturated carbocycles. The van der Waals surface area contributed by atoms with Crippen LogP contribution in [-0.2, 0) is 65.4 Å². The van der Waals surface area contributed by atoms with Crippen molar-refractivity contribution in [1.82, 2.24) is 0 Å². The zero-order valence-corrected chi connectivity index (χ0v) is 70.5. The number of ether oxygens (including phenoxy) is 4. The summed E-state index contributed by atoms with van der Waals surface area (Å²) in [6.07, 6.45) is 106. The fraction of sp³-hybridized carbons (Fsp3) is 0.548. The van der Waals surface area contributed by atoms with Gasteiger partial charge in [0.1, 0.15) is 19.3 Å². The second-order valence-electron chi connectivity index (χ2n) is 26.5. The number of aliphatic hydroxyl groups excluding tert-OH is 1. The molecule has 0 spiro atoms. The molecule has 5 unspecified atom stereocenters. The molecule has 0 aliphatic carbocycles. The highest BCUT2D eigenvalue weighted by atomic mass is 31.2. The third-order valence-electron chi connectivity index (χ3n) is 16.1. The Labute approximate surface area is 676 Å². The lowest BCUT2D eigenvalue weighted by atomic mass is 10.1. The van der Waals surface area contributed by atoms with Gasteiger partial charge in [0.15, 0.2) is 12.2 Å². The molecule has 3 N–H and O–H groups in total. The highest BCUT2D eigenvalue weighted by Gasteiger charge is 2.30. The Morgan fingerprint density at radius 1 is 0.250 bits per heavy atom. The molecule has 0 bridgehead atoms. The van der Waals surface area contributed by atoms with Gasteiger partial charge in [0.05, 0.1) is 26.4 Å². The molecule has 0 fully saturated rings. The minimum Gasteiger partial charge on any atom is -0.462 e. The second kappa shape index (κ2) is 82.1. The van der Waals surface area contributed by atoms with Crippen molar-refractivity contribution >= 4 is 39.5 Å². The largest absolute Gasteiger partial charge is 0.472 e. The van der Waals surface area contributed by atoms with Crippen molar-refractivity contribution in [1.29, 1.82) is 0 Å². The molecular formula is C93H144O17P2. The van der Waals surface area contributed by atoms with E-state index in [0.29, 0.717) is 38.5 Å². The summed E-state index contributed by atoms with van der Waals surface area (Å²) in [5.74, 6) is -2.42. The molecule has 628 valence electrons. The number of allylic oxidation sites excluding steroid dienone is 38. The van der Waals surface area contributed by atoms with E-state index in [9.17, 15) is 43.2 Å². The fourth-order valence-electron chi connectivity index (χ4n) is 9.97. The van der Waals surface area contributed by atoms with Crippen LogP contribution in [0, 0.1) is 0 Å². The number of hydrogen-bond acceptors (Lipinski definition) is 15. The Kier molecular flexibility index (Phi) is 77.1. The zero-order chi connectivity index (χ0) is 81.7. The van der Waals surface area contributed by atoms with Crippen molar-refractivity contribution in [3.8, 4) is 0 Å². The Morgan fingerprint density at radius 3 is 0.759 bits per heavy atom. The number of carbonyl (C=O) groups excluding carboxylic acids is 4. The van der Waals surface area contributed by atoms with Crippen LogP contribution in [0.5, 0.6) is 0 Å². The molecule has 19 heteroatoms. The van der Waals surface area contributed by atoms with Crippen LogP contribution in [-0.4, -0.2) is 96.7 Å². The van der Waals surface area contributed by atoms with Crippen molar-refractivity contribution in [2.75, 3.05) is 39.6 Å². The van der Waals surface area contributed by atoms with Gasteiger partial charge in [-0.15, -0.1) is 0 Å². The molecule has 0 aliphatic rings. The Bertz CT molecular complexity index is 3040. The third kappa shape index (κ3) is 81.1. The highest BCUT2D eigenvalue weighted by molar-refractivity contribution is 7.47. The van der Waals surface area contributed by atoms with Crippen LogP contribution >= 0.6 is 15.6 Å². The number of aliphatic hydroxyl groups is 1. The predicted molar refractivity (Wildman–Crippen MR) is 463 cm³/mol. The molecule has 0 aromatic rings. The van der Waals surface area contributed by atoms with Crippen molar-refractivity contribution in [2.45, 2.75) is 290 Å². The van der Waals surface area contributed by atoms with Gasteiger partial charge < -0.3 is 33.8 Å². The topological polar surface area (TPSA) is 237 Å². The van der Waals surface area contributed by atoms with E-state index in [1.807, 2.05) is 30.4 Å². The minimum absolute atomic E-state index is 0.0169. The van der Waals surface area contributed by atoms with E-state index in [-0.39, 0.29) is 25.7 Å². The first-order valence-corrected chi connectivity index (χ1v) is 44.6. The quantitative estimate of drug-likeness (QED) is 0.0169. The van der Waals surface area contributed by atoms with E-state index < -0.39 is 97.5 Å². The Morgan fingerprint density at radius 2 is 0.464 bits per heavy atom. The Balaban J connectivity index is 5.58. The summed E-state index contributed by atoms with van der Waals surface area (Å²) in [5, 5.41) is 10.7. The van der Waals surface area contributed by atoms with E-state index in [2.05, 4.69) is 228 Å². The molecule has 0 rings (SSSR count). The molecule has 0 aliphatic heterocycles. The summed E-state index contributed by atoms with van der Waals surface area (Å²) >= 11 is 0. The zero-order valence-electron chi connectivity index (χ0n) is 68.7. The maximum absolute atomic E-state index is 13.1. The van der Waals surface area contributed by atoms with E-state index in [0.717, 1.165) is 180 Å². The SMILES string of the molecule is CC/C=C\C/C=C\C/C=C\C/C=C\C/C=C\C/C=C\CCC(=O)OCC(COP(=O)(O)OCC(O)COP(=O)(O)OCC(COC(=O)CCC/C=C\C/C=C\C/C=C\C/C=C\C/C=C\CC)OC(=O)CCCCCCCCC/C=C\C/C=C\C/C=C\CC)OC(=O)CCCCC/C=C\C/C=C\C/C=C\C/C=C\C/C=C\CC. The number of hydrogen-bond donors (Lipinski definition) is 3. The van der Waals surface area contributed by atoms with Gasteiger partial charge >= 0.3 is 39.5 Å². The van der Waals surface area contributed by atoms with Gasteiger partial charge in [-0.3, -0.25) is 37.3 Å². The van der Waals surface area contributed by atoms with Gasteiger partial charge in [-0.1, -0.05) is 297 Å². The standard InChI is InChI=1S/C93H144O17P2/c1-5-9-13-17-21-25-29-33-37-41-43-47-50-54-58-62-66-70-74-78-91(96)104-84-89(110-93(98)80-76-72-68-64-60-56-52-48-44-42-38-34-30-26-22-18-14-10-6-2)86-108-112(101,102)106-82-87(94)81-105-111(99,100)107-85-88(109-92(97)79-75-71-67-63-59-55-51-46-40-36-32-28-24-20-16-12-8-4)83-103-90(95)77-73-69-65-61-57-53-49-45-39-35-31-27-23-19-15-11-7-3/h9-16,21-28,33-40,43-44,47-49,53-54,56,58,60-61,65-66,70,87-89,94H,5-8,17-20,29-32,41-42,45-46,50-52,55,57,59,62-64,67-69,71-86H2,1-4H3,(H,99,100)(H,101,102)/b13-9-,14-10-,15-11-,16-12-,25-21-,26-22-,27-23-,28-24-,37-33-,38-34-,39-35-,40-36-,47-43-,48-44-,53-49-,58-54-,60-56-,65-61-,70-66-. The molecule has 17 nitrogen and oxygen atoms in total. The van der Waals surface area contributed by atoms with Crippen LogP contribution in [0.25, 0.3) is 0 Å². The average Bonchev–Trinajstić information content (AvgIpc) is 0.898. The van der Waals surface area contributed by atoms with E-state index in [1.54, 1.807) is 0 Å². The number of carbonyl (C=O) groups is 4. The van der Waals surface area contributed by atoms with Crippen molar-refractivity contribution in [3.63, 3.8) is 0 Å². The van der Waals surface area contributed by atoms with Gasteiger partial charge in [0.2, 0.25) is 0 Å². The minimum atomic E-state index is -5.03. The average molecular weight is 1600 g/mol. The summed E-state index contributed by atoms with van der Waals surface area (Å²) in [4.78, 5) is 73.2. The molecule has 0 aromatic carbocycles. The summed E-state index contributed by atoms with van der Waals surface area (Å²) in [5.41, 5.74) is 0. The normalized spacial score (nSPS) is 15.0. The number of phosphoric acid groups is 2. The van der Waals surface area contributed by atoms with Gasteiger partial charge in [-0.2, -0.15) is 0 Å². The monoisotopic (exact) mass is 1590 g/mol. The molecular weight excluding hydrogens is 1450 g/mol. The first kappa shape index (κ1) is 105. The molecule has 0 amide bonds. The fourth-order valence-corrected chi connectivity index (χ4v) is 11.5. The van der Waals surface area contributed by atoms with Crippen molar-refractivity contribution < 1.29 is 80.2 Å². The summed E-state index contributed by atoms with van der Waals surface area (Å²) in [7, 11) is -10.0. The number of phosphoric ester groups is 2.